The molecule has 0 bridgehead atoms. The second kappa shape index (κ2) is 5.28. The molecule has 0 radical (unpaired) electrons. The van der Waals surface area contributed by atoms with E-state index >= 15 is 0 Å². The average molecular weight is 213 g/mol. The molecule has 2 aliphatic rings. The Balaban J connectivity index is 1.97. The highest BCUT2D eigenvalue weighted by Crippen LogP contribution is 2.31. The van der Waals surface area contributed by atoms with Crippen LogP contribution in [0.5, 0.6) is 0 Å². The second-order valence-corrected chi connectivity index (χ2v) is 4.97. The molecule has 2 fully saturated rings. The second-order valence-electron chi connectivity index (χ2n) is 4.97. The van der Waals surface area contributed by atoms with Crippen molar-refractivity contribution >= 4 is 0 Å². The van der Waals surface area contributed by atoms with Crippen LogP contribution >= 0.6 is 0 Å². The quantitative estimate of drug-likeness (QED) is 0.736. The van der Waals surface area contributed by atoms with E-state index in [1.54, 1.807) is 0 Å². The first kappa shape index (κ1) is 11.4. The van der Waals surface area contributed by atoms with Crippen molar-refractivity contribution in [2.24, 2.45) is 0 Å². The molecule has 88 valence electrons. The van der Waals surface area contributed by atoms with Gasteiger partial charge < -0.3 is 10.2 Å². The van der Waals surface area contributed by atoms with E-state index in [-0.39, 0.29) is 12.7 Å². The van der Waals surface area contributed by atoms with E-state index in [0.29, 0.717) is 12.1 Å². The van der Waals surface area contributed by atoms with Gasteiger partial charge in [-0.05, 0) is 32.1 Å². The Morgan fingerprint density at radius 2 is 1.73 bits per heavy atom. The van der Waals surface area contributed by atoms with Crippen molar-refractivity contribution in [2.45, 2.75) is 63.1 Å². The van der Waals surface area contributed by atoms with Crippen LogP contribution in [0.1, 0.15) is 44.9 Å². The lowest BCUT2D eigenvalue weighted by Gasteiger charge is -2.35. The van der Waals surface area contributed by atoms with Crippen LogP contribution < -0.4 is 0 Å². The Morgan fingerprint density at radius 3 is 2.27 bits per heavy atom. The molecule has 2 atom stereocenters. The van der Waals surface area contributed by atoms with E-state index in [1.165, 1.54) is 25.7 Å². The van der Waals surface area contributed by atoms with Gasteiger partial charge in [0, 0.05) is 18.6 Å². The fourth-order valence-electron chi connectivity index (χ4n) is 3.28. The van der Waals surface area contributed by atoms with Crippen LogP contribution in [-0.2, 0) is 0 Å². The van der Waals surface area contributed by atoms with E-state index in [2.05, 4.69) is 4.90 Å². The molecule has 0 saturated heterocycles. The van der Waals surface area contributed by atoms with Gasteiger partial charge in [0.05, 0.1) is 12.7 Å². The van der Waals surface area contributed by atoms with Crippen molar-refractivity contribution < 1.29 is 10.2 Å². The van der Waals surface area contributed by atoms with Gasteiger partial charge >= 0.3 is 0 Å². The predicted octanol–water partition coefficient (Wildman–Crippen LogP) is 1.14. The largest absolute Gasteiger partial charge is 0.395 e. The Kier molecular flexibility index (Phi) is 4.00. The van der Waals surface area contributed by atoms with Gasteiger partial charge in [0.15, 0.2) is 0 Å². The zero-order chi connectivity index (χ0) is 10.7. The Bertz CT molecular complexity index is 192. The maximum absolute atomic E-state index is 9.92. The third-order valence-corrected chi connectivity index (χ3v) is 4.02. The molecule has 3 nitrogen and oxygen atoms in total. The summed E-state index contributed by atoms with van der Waals surface area (Å²) in [6.07, 6.45) is 8.17. The zero-order valence-corrected chi connectivity index (χ0v) is 9.44. The van der Waals surface area contributed by atoms with Crippen LogP contribution in [0.15, 0.2) is 0 Å². The van der Waals surface area contributed by atoms with E-state index < -0.39 is 0 Å². The molecule has 0 unspecified atom stereocenters. The first-order valence-electron chi connectivity index (χ1n) is 6.37. The number of aliphatic hydroxyl groups is 2. The van der Waals surface area contributed by atoms with Crippen LogP contribution in [0, 0.1) is 0 Å². The SMILES string of the molecule is OCCN(C1CCCC1)[C@@H]1CCC[C@H]1O. The lowest BCUT2D eigenvalue weighted by atomic mass is 10.1. The van der Waals surface area contributed by atoms with Gasteiger partial charge in [0.2, 0.25) is 0 Å². The summed E-state index contributed by atoms with van der Waals surface area (Å²) in [5, 5.41) is 19.0. The summed E-state index contributed by atoms with van der Waals surface area (Å²) in [4.78, 5) is 2.38. The highest BCUT2D eigenvalue weighted by atomic mass is 16.3. The van der Waals surface area contributed by atoms with Crippen LogP contribution in [0.4, 0.5) is 0 Å². The molecule has 0 aromatic heterocycles. The van der Waals surface area contributed by atoms with Gasteiger partial charge in [-0.2, -0.15) is 0 Å². The van der Waals surface area contributed by atoms with Gasteiger partial charge in [0.25, 0.3) is 0 Å². The highest BCUT2D eigenvalue weighted by molar-refractivity contribution is 4.90. The predicted molar refractivity (Wildman–Crippen MR) is 59.7 cm³/mol. The molecule has 2 aliphatic carbocycles. The fraction of sp³-hybridized carbons (Fsp3) is 1.00. The molecule has 0 heterocycles. The molecule has 15 heavy (non-hydrogen) atoms. The smallest absolute Gasteiger partial charge is 0.0695 e. The lowest BCUT2D eigenvalue weighted by molar-refractivity contribution is 0.0331. The van der Waals surface area contributed by atoms with Crippen molar-refractivity contribution in [1.29, 1.82) is 0 Å². The molecule has 2 N–H and O–H groups in total. The third kappa shape index (κ3) is 2.52. The van der Waals surface area contributed by atoms with Gasteiger partial charge in [-0.3, -0.25) is 4.90 Å². The summed E-state index contributed by atoms with van der Waals surface area (Å²) >= 11 is 0. The van der Waals surface area contributed by atoms with Gasteiger partial charge in [-0.25, -0.2) is 0 Å². The summed E-state index contributed by atoms with van der Waals surface area (Å²) in [5.74, 6) is 0. The van der Waals surface area contributed by atoms with Crippen LogP contribution in [0.3, 0.4) is 0 Å². The highest BCUT2D eigenvalue weighted by Gasteiger charge is 2.35. The molecule has 0 amide bonds. The molecule has 0 spiro atoms. The molecule has 0 aliphatic heterocycles. The topological polar surface area (TPSA) is 43.7 Å². The summed E-state index contributed by atoms with van der Waals surface area (Å²) in [7, 11) is 0. The first-order chi connectivity index (χ1) is 7.33. The van der Waals surface area contributed by atoms with E-state index in [0.717, 1.165) is 25.8 Å². The third-order valence-electron chi connectivity index (χ3n) is 4.02. The van der Waals surface area contributed by atoms with Crippen molar-refractivity contribution in [1.82, 2.24) is 4.90 Å². The summed E-state index contributed by atoms with van der Waals surface area (Å²) in [6, 6.07) is 0.940. The number of nitrogens with zero attached hydrogens (tertiary/aromatic N) is 1. The summed E-state index contributed by atoms with van der Waals surface area (Å²) in [6.45, 7) is 0.964. The normalized spacial score (nSPS) is 33.0. The van der Waals surface area contributed by atoms with Crippen molar-refractivity contribution in [3.05, 3.63) is 0 Å². The standard InChI is InChI=1S/C12H23NO2/c14-9-8-13(10-4-1-2-5-10)11-6-3-7-12(11)15/h10-12,14-15H,1-9H2/t11-,12-/m1/s1. The zero-order valence-electron chi connectivity index (χ0n) is 9.44. The van der Waals surface area contributed by atoms with Crippen molar-refractivity contribution in [3.8, 4) is 0 Å². The average Bonchev–Trinajstić information content (AvgIpc) is 2.85. The van der Waals surface area contributed by atoms with Gasteiger partial charge in [-0.15, -0.1) is 0 Å². The minimum absolute atomic E-state index is 0.155. The Hall–Kier alpha value is -0.120. The first-order valence-corrected chi connectivity index (χ1v) is 6.37. The Morgan fingerprint density at radius 1 is 1.00 bits per heavy atom. The van der Waals surface area contributed by atoms with Crippen LogP contribution in [0.25, 0.3) is 0 Å². The van der Waals surface area contributed by atoms with Crippen molar-refractivity contribution in [2.75, 3.05) is 13.2 Å². The monoisotopic (exact) mass is 213 g/mol. The molecule has 0 aromatic carbocycles. The minimum Gasteiger partial charge on any atom is -0.395 e. The molecule has 3 heteroatoms. The van der Waals surface area contributed by atoms with E-state index in [1.807, 2.05) is 0 Å². The molecule has 2 saturated carbocycles. The van der Waals surface area contributed by atoms with Crippen molar-refractivity contribution in [3.63, 3.8) is 0 Å². The molecular weight excluding hydrogens is 190 g/mol. The summed E-state index contributed by atoms with van der Waals surface area (Å²) in [5.41, 5.74) is 0. The van der Waals surface area contributed by atoms with Crippen LogP contribution in [0.2, 0.25) is 0 Å². The Labute approximate surface area is 92.1 Å². The molecule has 0 aromatic rings. The molecular formula is C12H23NO2. The maximum atomic E-state index is 9.92. The maximum Gasteiger partial charge on any atom is 0.0695 e. The van der Waals surface area contributed by atoms with E-state index in [9.17, 15) is 5.11 Å². The van der Waals surface area contributed by atoms with Gasteiger partial charge in [0.1, 0.15) is 0 Å². The lowest BCUT2D eigenvalue weighted by Crippen LogP contribution is -2.47. The minimum atomic E-state index is -0.155. The summed E-state index contributed by atoms with van der Waals surface area (Å²) < 4.78 is 0. The van der Waals surface area contributed by atoms with Crippen LogP contribution in [-0.4, -0.2) is 46.5 Å². The van der Waals surface area contributed by atoms with Gasteiger partial charge in [-0.1, -0.05) is 12.8 Å². The fourth-order valence-corrected chi connectivity index (χ4v) is 3.28. The van der Waals surface area contributed by atoms with E-state index in [4.69, 9.17) is 5.11 Å². The number of hydrogen-bond donors (Lipinski definition) is 2. The number of hydrogen-bond acceptors (Lipinski definition) is 3. The molecule has 2 rings (SSSR count). The number of rotatable bonds is 4. The number of aliphatic hydroxyl groups excluding tert-OH is 2.